The zero-order chi connectivity index (χ0) is 12.5. The van der Waals surface area contributed by atoms with Crippen LogP contribution in [0.3, 0.4) is 0 Å². The molecule has 0 radical (unpaired) electrons. The highest BCUT2D eigenvalue weighted by molar-refractivity contribution is 5.82. The van der Waals surface area contributed by atoms with Gasteiger partial charge < -0.3 is 9.64 Å². The molecule has 0 bridgehead atoms. The SMILES string of the molecule is CCCCOC(=O)CN1CCCCCCC1=O. The summed E-state index contributed by atoms with van der Waals surface area (Å²) < 4.78 is 5.07. The van der Waals surface area contributed by atoms with Crippen molar-refractivity contribution >= 4 is 11.9 Å². The van der Waals surface area contributed by atoms with Gasteiger partial charge in [-0.2, -0.15) is 0 Å². The molecule has 1 rings (SSSR count). The number of hydrogen-bond acceptors (Lipinski definition) is 3. The van der Waals surface area contributed by atoms with Gasteiger partial charge in [-0.15, -0.1) is 0 Å². The second-order valence-electron chi connectivity index (χ2n) is 4.55. The van der Waals surface area contributed by atoms with Gasteiger partial charge in [-0.05, 0) is 19.3 Å². The average Bonchev–Trinajstić information content (AvgIpc) is 2.29. The molecule has 4 nitrogen and oxygen atoms in total. The van der Waals surface area contributed by atoms with E-state index in [1.807, 2.05) is 0 Å². The Labute approximate surface area is 103 Å². The molecule has 0 aromatic carbocycles. The second-order valence-corrected chi connectivity index (χ2v) is 4.55. The summed E-state index contributed by atoms with van der Waals surface area (Å²) in [6.07, 6.45) is 6.68. The summed E-state index contributed by atoms with van der Waals surface area (Å²) in [6, 6.07) is 0. The first-order valence-corrected chi connectivity index (χ1v) is 6.67. The largest absolute Gasteiger partial charge is 0.464 e. The third-order valence-electron chi connectivity index (χ3n) is 3.00. The fourth-order valence-corrected chi connectivity index (χ4v) is 1.91. The molecule has 1 heterocycles. The van der Waals surface area contributed by atoms with Crippen molar-refractivity contribution in [1.29, 1.82) is 0 Å². The molecule has 1 fully saturated rings. The maximum absolute atomic E-state index is 11.8. The van der Waals surface area contributed by atoms with Crippen LogP contribution in [0, 0.1) is 0 Å². The zero-order valence-electron chi connectivity index (χ0n) is 10.7. The van der Waals surface area contributed by atoms with E-state index >= 15 is 0 Å². The van der Waals surface area contributed by atoms with Gasteiger partial charge in [0.15, 0.2) is 0 Å². The Kier molecular flexibility index (Phi) is 6.67. The maximum atomic E-state index is 11.8. The summed E-state index contributed by atoms with van der Waals surface area (Å²) in [5.41, 5.74) is 0. The van der Waals surface area contributed by atoms with Crippen molar-refractivity contribution in [3.05, 3.63) is 0 Å². The zero-order valence-corrected chi connectivity index (χ0v) is 10.7. The molecular formula is C13H23NO3. The molecule has 0 unspecified atom stereocenters. The lowest BCUT2D eigenvalue weighted by molar-refractivity contribution is -0.149. The van der Waals surface area contributed by atoms with Crippen molar-refractivity contribution in [1.82, 2.24) is 4.90 Å². The Morgan fingerprint density at radius 1 is 1.29 bits per heavy atom. The quantitative estimate of drug-likeness (QED) is 0.547. The smallest absolute Gasteiger partial charge is 0.325 e. The van der Waals surface area contributed by atoms with E-state index in [1.165, 1.54) is 0 Å². The third-order valence-corrected chi connectivity index (χ3v) is 3.00. The van der Waals surface area contributed by atoms with Gasteiger partial charge >= 0.3 is 5.97 Å². The third kappa shape index (κ3) is 5.71. The summed E-state index contributed by atoms with van der Waals surface area (Å²) >= 11 is 0. The summed E-state index contributed by atoms with van der Waals surface area (Å²) in [5, 5.41) is 0. The Bertz CT molecular complexity index is 253. The van der Waals surface area contributed by atoms with Crippen molar-refractivity contribution in [2.24, 2.45) is 0 Å². The Hall–Kier alpha value is -1.06. The minimum atomic E-state index is -0.271. The minimum absolute atomic E-state index is 0.0946. The molecule has 98 valence electrons. The summed E-state index contributed by atoms with van der Waals surface area (Å²) in [5.74, 6) is -0.176. The molecule has 0 atom stereocenters. The van der Waals surface area contributed by atoms with Crippen molar-refractivity contribution in [3.63, 3.8) is 0 Å². The first-order valence-electron chi connectivity index (χ1n) is 6.67. The number of ether oxygens (including phenoxy) is 1. The van der Waals surface area contributed by atoms with Crippen LogP contribution in [0.25, 0.3) is 0 Å². The number of amides is 1. The predicted octanol–water partition coefficient (Wildman–Crippen LogP) is 2.12. The molecule has 0 aliphatic carbocycles. The Morgan fingerprint density at radius 3 is 2.82 bits per heavy atom. The van der Waals surface area contributed by atoms with Crippen LogP contribution in [0.15, 0.2) is 0 Å². The summed E-state index contributed by atoms with van der Waals surface area (Å²) in [4.78, 5) is 24.9. The fourth-order valence-electron chi connectivity index (χ4n) is 1.91. The number of carbonyl (C=O) groups excluding carboxylic acids is 2. The van der Waals surface area contributed by atoms with E-state index in [-0.39, 0.29) is 18.4 Å². The first kappa shape index (κ1) is 14.0. The van der Waals surface area contributed by atoms with Gasteiger partial charge in [0, 0.05) is 13.0 Å². The van der Waals surface area contributed by atoms with E-state index in [9.17, 15) is 9.59 Å². The van der Waals surface area contributed by atoms with E-state index in [0.29, 0.717) is 19.6 Å². The lowest BCUT2D eigenvalue weighted by atomic mass is 10.1. The van der Waals surface area contributed by atoms with Crippen molar-refractivity contribution < 1.29 is 14.3 Å². The predicted molar refractivity (Wildman–Crippen MR) is 65.5 cm³/mol. The van der Waals surface area contributed by atoms with E-state index < -0.39 is 0 Å². The topological polar surface area (TPSA) is 46.6 Å². The minimum Gasteiger partial charge on any atom is -0.464 e. The number of esters is 1. The number of nitrogens with zero attached hydrogens (tertiary/aromatic N) is 1. The molecule has 1 aliphatic heterocycles. The van der Waals surface area contributed by atoms with E-state index in [2.05, 4.69) is 6.92 Å². The van der Waals surface area contributed by atoms with Crippen LogP contribution >= 0.6 is 0 Å². The highest BCUT2D eigenvalue weighted by Gasteiger charge is 2.18. The van der Waals surface area contributed by atoms with Gasteiger partial charge in [-0.3, -0.25) is 9.59 Å². The van der Waals surface area contributed by atoms with Crippen molar-refractivity contribution in [2.45, 2.75) is 51.9 Å². The Balaban J connectivity index is 2.30. The lowest BCUT2D eigenvalue weighted by Gasteiger charge is -2.23. The molecule has 1 amide bonds. The highest BCUT2D eigenvalue weighted by Crippen LogP contribution is 2.11. The van der Waals surface area contributed by atoms with Crippen molar-refractivity contribution in [2.75, 3.05) is 19.7 Å². The number of carbonyl (C=O) groups is 2. The van der Waals surface area contributed by atoms with Gasteiger partial charge in [0.05, 0.1) is 6.61 Å². The van der Waals surface area contributed by atoms with Crippen molar-refractivity contribution in [3.8, 4) is 0 Å². The molecule has 1 aliphatic rings. The number of likely N-dealkylation sites (tertiary alicyclic amines) is 1. The van der Waals surface area contributed by atoms with Crippen LogP contribution in [0.4, 0.5) is 0 Å². The molecule has 4 heteroatoms. The molecule has 0 saturated carbocycles. The van der Waals surface area contributed by atoms with E-state index in [4.69, 9.17) is 4.74 Å². The molecule has 0 spiro atoms. The number of rotatable bonds is 5. The number of hydrogen-bond donors (Lipinski definition) is 0. The molecular weight excluding hydrogens is 218 g/mol. The second kappa shape index (κ2) is 8.09. The van der Waals surface area contributed by atoms with Gasteiger partial charge in [-0.1, -0.05) is 26.2 Å². The van der Waals surface area contributed by atoms with Gasteiger partial charge in [0.2, 0.25) is 5.91 Å². The molecule has 0 aromatic heterocycles. The fraction of sp³-hybridized carbons (Fsp3) is 0.846. The molecule has 1 saturated heterocycles. The average molecular weight is 241 g/mol. The van der Waals surface area contributed by atoms with Crippen LogP contribution in [0.5, 0.6) is 0 Å². The van der Waals surface area contributed by atoms with Gasteiger partial charge in [0.1, 0.15) is 6.54 Å². The summed E-state index contributed by atoms with van der Waals surface area (Å²) in [7, 11) is 0. The number of unbranched alkanes of at least 4 members (excludes halogenated alkanes) is 1. The van der Waals surface area contributed by atoms with Crippen LogP contribution in [-0.4, -0.2) is 36.5 Å². The van der Waals surface area contributed by atoms with Crippen LogP contribution < -0.4 is 0 Å². The normalized spacial score (nSPS) is 17.5. The lowest BCUT2D eigenvalue weighted by Crippen LogP contribution is -2.37. The van der Waals surface area contributed by atoms with E-state index in [1.54, 1.807) is 4.90 Å². The molecule has 17 heavy (non-hydrogen) atoms. The van der Waals surface area contributed by atoms with Crippen LogP contribution in [-0.2, 0) is 14.3 Å². The van der Waals surface area contributed by atoms with Crippen LogP contribution in [0.1, 0.15) is 51.9 Å². The first-order chi connectivity index (χ1) is 8.24. The summed E-state index contributed by atoms with van der Waals surface area (Å²) in [6.45, 7) is 3.34. The van der Waals surface area contributed by atoms with E-state index in [0.717, 1.165) is 38.5 Å². The van der Waals surface area contributed by atoms with Crippen LogP contribution in [0.2, 0.25) is 0 Å². The molecule has 0 aromatic rings. The highest BCUT2D eigenvalue weighted by atomic mass is 16.5. The monoisotopic (exact) mass is 241 g/mol. The standard InChI is InChI=1S/C13H23NO3/c1-2-3-10-17-13(16)11-14-9-7-5-4-6-8-12(14)15/h2-11H2,1H3. The molecule has 0 N–H and O–H groups in total. The van der Waals surface area contributed by atoms with Gasteiger partial charge in [0.25, 0.3) is 0 Å². The maximum Gasteiger partial charge on any atom is 0.325 e. The van der Waals surface area contributed by atoms with Gasteiger partial charge in [-0.25, -0.2) is 0 Å². The Morgan fingerprint density at radius 2 is 2.06 bits per heavy atom.